The minimum absolute atomic E-state index is 0.753. The number of thioether (sulfide) groups is 1. The van der Waals surface area contributed by atoms with Gasteiger partial charge in [0, 0.05) is 17.0 Å². The van der Waals surface area contributed by atoms with Gasteiger partial charge in [0.25, 0.3) is 0 Å². The third kappa shape index (κ3) is 2.06. The molecule has 2 aromatic carbocycles. The van der Waals surface area contributed by atoms with Gasteiger partial charge in [-0.05, 0) is 36.6 Å². The number of fused-ring (bicyclic) bond motifs is 1. The first-order valence-electron chi connectivity index (χ1n) is 6.65. The van der Waals surface area contributed by atoms with Crippen molar-refractivity contribution in [1.29, 1.82) is 0 Å². The second kappa shape index (κ2) is 5.21. The molecule has 0 radical (unpaired) electrons. The number of imidazole rings is 1. The molecule has 0 fully saturated rings. The zero-order valence-electron chi connectivity index (χ0n) is 11.6. The second-order valence-corrected chi connectivity index (χ2v) is 5.49. The van der Waals surface area contributed by atoms with Crippen molar-refractivity contribution in [3.05, 3.63) is 48.3 Å². The third-order valence-electron chi connectivity index (χ3n) is 3.39. The van der Waals surface area contributed by atoms with Gasteiger partial charge in [0.1, 0.15) is 5.82 Å². The number of aryl methyl sites for hydroxylation is 1. The fraction of sp³-hybridized carbons (Fsp3) is 0.188. The Kier molecular flexibility index (Phi) is 3.40. The van der Waals surface area contributed by atoms with Crippen molar-refractivity contribution >= 4 is 28.5 Å². The summed E-state index contributed by atoms with van der Waals surface area (Å²) in [5, 5.41) is 0. The first-order valence-corrected chi connectivity index (χ1v) is 7.87. The van der Waals surface area contributed by atoms with Crippen LogP contribution in [0.5, 0.6) is 0 Å². The van der Waals surface area contributed by atoms with Crippen molar-refractivity contribution in [2.24, 2.45) is 0 Å². The Labute approximate surface area is 122 Å². The Morgan fingerprint density at radius 3 is 2.75 bits per heavy atom. The fourth-order valence-corrected chi connectivity index (χ4v) is 3.05. The Balaban J connectivity index is 2.34. The van der Waals surface area contributed by atoms with Crippen molar-refractivity contribution < 1.29 is 0 Å². The molecular weight excluding hydrogens is 266 g/mol. The van der Waals surface area contributed by atoms with E-state index in [1.54, 1.807) is 11.8 Å². The molecule has 0 atom stereocenters. The normalized spacial score (nSPS) is 11.1. The molecule has 0 unspecified atom stereocenters. The van der Waals surface area contributed by atoms with Crippen LogP contribution in [-0.2, 0) is 6.42 Å². The summed E-state index contributed by atoms with van der Waals surface area (Å²) in [6.45, 7) is 2.13. The van der Waals surface area contributed by atoms with Crippen LogP contribution in [-0.4, -0.2) is 15.8 Å². The van der Waals surface area contributed by atoms with E-state index in [1.807, 2.05) is 18.2 Å². The average molecular weight is 283 g/mol. The Morgan fingerprint density at radius 2 is 2.00 bits per heavy atom. The van der Waals surface area contributed by atoms with Crippen LogP contribution in [0.4, 0.5) is 5.69 Å². The predicted octanol–water partition coefficient (Wildman–Crippen LogP) is 3.89. The summed E-state index contributed by atoms with van der Waals surface area (Å²) in [5.41, 5.74) is 9.87. The topological polar surface area (TPSA) is 43.8 Å². The van der Waals surface area contributed by atoms with Crippen molar-refractivity contribution in [3.8, 4) is 5.69 Å². The lowest BCUT2D eigenvalue weighted by Gasteiger charge is -2.12. The van der Waals surface area contributed by atoms with E-state index in [4.69, 9.17) is 10.7 Å². The van der Waals surface area contributed by atoms with E-state index in [-0.39, 0.29) is 0 Å². The summed E-state index contributed by atoms with van der Waals surface area (Å²) >= 11 is 1.75. The molecule has 0 saturated carbocycles. The zero-order valence-corrected chi connectivity index (χ0v) is 12.4. The minimum atomic E-state index is 0.753. The largest absolute Gasteiger partial charge is 0.399 e. The van der Waals surface area contributed by atoms with Crippen LogP contribution in [0.3, 0.4) is 0 Å². The Hall–Kier alpha value is -1.94. The molecule has 2 N–H and O–H groups in total. The van der Waals surface area contributed by atoms with E-state index in [0.29, 0.717) is 0 Å². The Bertz CT molecular complexity index is 762. The van der Waals surface area contributed by atoms with Crippen LogP contribution in [0.25, 0.3) is 16.7 Å². The van der Waals surface area contributed by atoms with E-state index in [2.05, 4.69) is 42.0 Å². The van der Waals surface area contributed by atoms with E-state index >= 15 is 0 Å². The molecule has 3 nitrogen and oxygen atoms in total. The molecule has 0 amide bonds. The van der Waals surface area contributed by atoms with Crippen LogP contribution >= 0.6 is 11.8 Å². The standard InChI is InChI=1S/C16H17N3S/c1-3-16-18-12-10-11(17)8-9-13(12)19(16)14-6-4-5-7-15(14)20-2/h4-10H,3,17H2,1-2H3. The maximum absolute atomic E-state index is 5.87. The highest BCUT2D eigenvalue weighted by atomic mass is 32.2. The lowest BCUT2D eigenvalue weighted by molar-refractivity contribution is 0.896. The molecule has 0 aliphatic heterocycles. The maximum Gasteiger partial charge on any atom is 0.114 e. The molecule has 102 valence electrons. The highest BCUT2D eigenvalue weighted by Crippen LogP contribution is 2.29. The van der Waals surface area contributed by atoms with Crippen LogP contribution < -0.4 is 5.73 Å². The third-order valence-corrected chi connectivity index (χ3v) is 4.18. The van der Waals surface area contributed by atoms with Gasteiger partial charge in [0.15, 0.2) is 0 Å². The number of nitrogen functional groups attached to an aromatic ring is 1. The minimum Gasteiger partial charge on any atom is -0.399 e. The first-order chi connectivity index (χ1) is 9.74. The molecule has 0 bridgehead atoms. The summed E-state index contributed by atoms with van der Waals surface area (Å²) in [5.74, 6) is 1.06. The van der Waals surface area contributed by atoms with Gasteiger partial charge in [-0.2, -0.15) is 0 Å². The van der Waals surface area contributed by atoms with Crippen LogP contribution in [0.1, 0.15) is 12.7 Å². The van der Waals surface area contributed by atoms with Crippen LogP contribution in [0, 0.1) is 0 Å². The molecule has 20 heavy (non-hydrogen) atoms. The van der Waals surface area contributed by atoms with Gasteiger partial charge < -0.3 is 5.73 Å². The van der Waals surface area contributed by atoms with Gasteiger partial charge in [-0.1, -0.05) is 19.1 Å². The fourth-order valence-electron chi connectivity index (χ4n) is 2.47. The number of hydrogen-bond donors (Lipinski definition) is 1. The van der Waals surface area contributed by atoms with Crippen LogP contribution in [0.15, 0.2) is 47.4 Å². The van der Waals surface area contributed by atoms with Crippen molar-refractivity contribution in [1.82, 2.24) is 9.55 Å². The van der Waals surface area contributed by atoms with Gasteiger partial charge in [-0.15, -0.1) is 11.8 Å². The number of nitrogens with zero attached hydrogens (tertiary/aromatic N) is 2. The number of anilines is 1. The number of benzene rings is 2. The highest BCUT2D eigenvalue weighted by molar-refractivity contribution is 7.98. The summed E-state index contributed by atoms with van der Waals surface area (Å²) in [4.78, 5) is 5.97. The smallest absolute Gasteiger partial charge is 0.114 e. The molecule has 0 spiro atoms. The monoisotopic (exact) mass is 283 g/mol. The molecular formula is C16H17N3S. The average Bonchev–Trinajstić information content (AvgIpc) is 2.84. The van der Waals surface area contributed by atoms with Gasteiger partial charge in [-0.3, -0.25) is 4.57 Å². The zero-order chi connectivity index (χ0) is 14.1. The number of rotatable bonds is 3. The SMILES string of the molecule is CCc1nc2cc(N)ccc2n1-c1ccccc1SC. The molecule has 1 aromatic heterocycles. The van der Waals surface area contributed by atoms with Crippen LogP contribution in [0.2, 0.25) is 0 Å². The summed E-state index contributed by atoms with van der Waals surface area (Å²) < 4.78 is 2.24. The Morgan fingerprint density at radius 1 is 1.20 bits per heavy atom. The van der Waals surface area contributed by atoms with Gasteiger partial charge in [0.2, 0.25) is 0 Å². The number of hydrogen-bond acceptors (Lipinski definition) is 3. The molecule has 0 aliphatic rings. The van der Waals surface area contributed by atoms with Gasteiger partial charge in [-0.25, -0.2) is 4.98 Å². The number of aromatic nitrogens is 2. The van der Waals surface area contributed by atoms with Crippen molar-refractivity contribution in [2.75, 3.05) is 12.0 Å². The number of nitrogens with two attached hydrogens (primary N) is 1. The summed E-state index contributed by atoms with van der Waals surface area (Å²) in [7, 11) is 0. The molecule has 4 heteroatoms. The molecule has 3 aromatic rings. The van der Waals surface area contributed by atoms with Crippen molar-refractivity contribution in [2.45, 2.75) is 18.2 Å². The van der Waals surface area contributed by atoms with Gasteiger partial charge in [0.05, 0.1) is 16.7 Å². The predicted molar refractivity (Wildman–Crippen MR) is 86.6 cm³/mol. The lowest BCUT2D eigenvalue weighted by Crippen LogP contribution is -2.01. The second-order valence-electron chi connectivity index (χ2n) is 4.64. The summed E-state index contributed by atoms with van der Waals surface area (Å²) in [6, 6.07) is 14.3. The molecule has 0 aliphatic carbocycles. The molecule has 1 heterocycles. The molecule has 3 rings (SSSR count). The quantitative estimate of drug-likeness (QED) is 0.586. The maximum atomic E-state index is 5.87. The van der Waals surface area contributed by atoms with E-state index in [0.717, 1.165) is 29.0 Å². The van der Waals surface area contributed by atoms with E-state index < -0.39 is 0 Å². The summed E-state index contributed by atoms with van der Waals surface area (Å²) in [6.07, 6.45) is 2.98. The first kappa shape index (κ1) is 13.1. The van der Waals surface area contributed by atoms with Crippen molar-refractivity contribution in [3.63, 3.8) is 0 Å². The molecule has 0 saturated heterocycles. The number of para-hydroxylation sites is 1. The lowest BCUT2D eigenvalue weighted by atomic mass is 10.2. The highest BCUT2D eigenvalue weighted by Gasteiger charge is 2.13. The van der Waals surface area contributed by atoms with E-state index in [9.17, 15) is 0 Å². The van der Waals surface area contributed by atoms with E-state index in [1.165, 1.54) is 10.6 Å². The van der Waals surface area contributed by atoms with Gasteiger partial charge >= 0.3 is 0 Å².